The van der Waals surface area contributed by atoms with Crippen LogP contribution in [0.25, 0.3) is 0 Å². The summed E-state index contributed by atoms with van der Waals surface area (Å²) in [5.74, 6) is -1.34. The van der Waals surface area contributed by atoms with Gasteiger partial charge < -0.3 is 15.7 Å². The maximum absolute atomic E-state index is 11.7. The van der Waals surface area contributed by atoms with Crippen LogP contribution in [0.5, 0.6) is 0 Å². The first-order valence-electron chi connectivity index (χ1n) is 6.91. The van der Waals surface area contributed by atoms with Crippen molar-refractivity contribution in [2.24, 2.45) is 0 Å². The van der Waals surface area contributed by atoms with Gasteiger partial charge in [-0.25, -0.2) is 0 Å². The Morgan fingerprint density at radius 1 is 0.952 bits per heavy atom. The van der Waals surface area contributed by atoms with Crippen molar-refractivity contribution in [1.82, 2.24) is 10.6 Å². The number of carboxylic acid groups (broad SMARTS) is 1. The minimum atomic E-state index is -0.803. The second kappa shape index (κ2) is 9.52. The van der Waals surface area contributed by atoms with Crippen molar-refractivity contribution in [3.05, 3.63) is 35.9 Å². The van der Waals surface area contributed by atoms with Gasteiger partial charge in [0.05, 0.1) is 6.54 Å². The maximum atomic E-state index is 11.7. The molecule has 0 atom stereocenters. The highest BCUT2D eigenvalue weighted by Gasteiger charge is 2.06. The lowest BCUT2D eigenvalue weighted by Gasteiger charge is -2.06. The summed E-state index contributed by atoms with van der Waals surface area (Å²) in [7, 11) is 0. The Balaban J connectivity index is 2.09. The van der Waals surface area contributed by atoms with Crippen molar-refractivity contribution in [3.8, 4) is 0 Å². The van der Waals surface area contributed by atoms with E-state index in [0.29, 0.717) is 18.5 Å². The summed E-state index contributed by atoms with van der Waals surface area (Å²) >= 11 is 0. The van der Waals surface area contributed by atoms with Gasteiger partial charge in [-0.2, -0.15) is 0 Å². The molecule has 0 aliphatic carbocycles. The normalized spacial score (nSPS) is 9.90. The lowest BCUT2D eigenvalue weighted by Crippen LogP contribution is -2.37. The third-order valence-corrected chi connectivity index (χ3v) is 2.84. The van der Waals surface area contributed by atoms with E-state index in [4.69, 9.17) is 5.11 Å². The Bertz CT molecular complexity index is 474. The first-order chi connectivity index (χ1) is 10.1. The number of nitrogens with one attached hydrogen (secondary N) is 2. The standard InChI is InChI=1S/C15H20N2O4/c18-13(16-10-6-2-5-9-14(19)20)11-17-15(21)12-7-3-1-4-8-12/h1,3-4,7-8H,2,5-6,9-11H2,(H,16,18)(H,17,21)(H,19,20). The summed E-state index contributed by atoms with van der Waals surface area (Å²) in [5.41, 5.74) is 0.513. The molecule has 114 valence electrons. The summed E-state index contributed by atoms with van der Waals surface area (Å²) < 4.78 is 0. The zero-order valence-corrected chi connectivity index (χ0v) is 11.8. The zero-order valence-electron chi connectivity index (χ0n) is 11.8. The molecule has 1 aromatic carbocycles. The molecule has 6 nitrogen and oxygen atoms in total. The van der Waals surface area contributed by atoms with E-state index in [-0.39, 0.29) is 24.8 Å². The molecule has 0 bridgehead atoms. The Labute approximate surface area is 123 Å². The molecule has 0 unspecified atom stereocenters. The van der Waals surface area contributed by atoms with Crippen LogP contribution in [0.15, 0.2) is 30.3 Å². The molecule has 0 saturated heterocycles. The molecule has 0 aliphatic heterocycles. The number of carboxylic acids is 1. The minimum absolute atomic E-state index is 0.0666. The molecule has 1 rings (SSSR count). The van der Waals surface area contributed by atoms with E-state index in [1.54, 1.807) is 24.3 Å². The number of aliphatic carboxylic acids is 1. The molecule has 0 spiro atoms. The number of amides is 2. The predicted octanol–water partition coefficient (Wildman–Crippen LogP) is 1.18. The summed E-state index contributed by atoms with van der Waals surface area (Å²) in [6, 6.07) is 8.68. The highest BCUT2D eigenvalue weighted by Crippen LogP contribution is 1.99. The van der Waals surface area contributed by atoms with Crippen LogP contribution in [0.1, 0.15) is 36.0 Å². The highest BCUT2D eigenvalue weighted by atomic mass is 16.4. The van der Waals surface area contributed by atoms with Gasteiger partial charge in [0, 0.05) is 18.5 Å². The molecule has 3 N–H and O–H groups in total. The average Bonchev–Trinajstić information content (AvgIpc) is 2.49. The molecular formula is C15H20N2O4. The first kappa shape index (κ1) is 16.7. The van der Waals surface area contributed by atoms with Crippen LogP contribution in [0, 0.1) is 0 Å². The van der Waals surface area contributed by atoms with Crippen LogP contribution in [-0.2, 0) is 9.59 Å². The van der Waals surface area contributed by atoms with Gasteiger partial charge in [-0.15, -0.1) is 0 Å². The molecule has 0 radical (unpaired) electrons. The Morgan fingerprint density at radius 2 is 1.67 bits per heavy atom. The van der Waals surface area contributed by atoms with Gasteiger partial charge in [-0.3, -0.25) is 14.4 Å². The number of carbonyl (C=O) groups excluding carboxylic acids is 2. The van der Waals surface area contributed by atoms with Crippen molar-refractivity contribution in [1.29, 1.82) is 0 Å². The van der Waals surface area contributed by atoms with Crippen LogP contribution in [-0.4, -0.2) is 36.0 Å². The van der Waals surface area contributed by atoms with E-state index in [9.17, 15) is 14.4 Å². The van der Waals surface area contributed by atoms with E-state index in [1.807, 2.05) is 6.07 Å². The highest BCUT2D eigenvalue weighted by molar-refractivity contribution is 5.96. The quantitative estimate of drug-likeness (QED) is 0.595. The van der Waals surface area contributed by atoms with Crippen LogP contribution in [0.4, 0.5) is 0 Å². The van der Waals surface area contributed by atoms with Crippen molar-refractivity contribution in [2.75, 3.05) is 13.1 Å². The summed E-state index contributed by atoms with van der Waals surface area (Å²) in [5, 5.41) is 13.7. The molecule has 0 aliphatic rings. The Kier molecular flexibility index (Phi) is 7.56. The van der Waals surface area contributed by atoms with Gasteiger partial charge in [0.25, 0.3) is 5.91 Å². The lowest BCUT2D eigenvalue weighted by atomic mass is 10.2. The third kappa shape index (κ3) is 7.71. The fourth-order valence-electron chi connectivity index (χ4n) is 1.72. The Morgan fingerprint density at radius 3 is 2.33 bits per heavy atom. The van der Waals surface area contributed by atoms with E-state index in [0.717, 1.165) is 12.8 Å². The first-order valence-corrected chi connectivity index (χ1v) is 6.91. The number of unbranched alkanes of at least 4 members (excludes halogenated alkanes) is 2. The SMILES string of the molecule is O=C(O)CCCCCNC(=O)CNC(=O)c1ccccc1. The van der Waals surface area contributed by atoms with Gasteiger partial charge >= 0.3 is 5.97 Å². The second-order valence-corrected chi connectivity index (χ2v) is 4.60. The molecule has 0 saturated carbocycles. The number of benzene rings is 1. The maximum Gasteiger partial charge on any atom is 0.303 e. The molecule has 2 amide bonds. The third-order valence-electron chi connectivity index (χ3n) is 2.84. The molecule has 1 aromatic rings. The van der Waals surface area contributed by atoms with Crippen molar-refractivity contribution in [2.45, 2.75) is 25.7 Å². The van der Waals surface area contributed by atoms with E-state index in [2.05, 4.69) is 10.6 Å². The zero-order chi connectivity index (χ0) is 15.5. The van der Waals surface area contributed by atoms with Crippen LogP contribution in [0.3, 0.4) is 0 Å². The van der Waals surface area contributed by atoms with E-state index >= 15 is 0 Å². The molecule has 0 fully saturated rings. The summed E-state index contributed by atoms with van der Waals surface area (Å²) in [6.45, 7) is 0.419. The van der Waals surface area contributed by atoms with Crippen LogP contribution < -0.4 is 10.6 Å². The number of hydrogen-bond acceptors (Lipinski definition) is 3. The van der Waals surface area contributed by atoms with E-state index in [1.165, 1.54) is 0 Å². The largest absolute Gasteiger partial charge is 0.481 e. The second-order valence-electron chi connectivity index (χ2n) is 4.60. The van der Waals surface area contributed by atoms with Gasteiger partial charge in [-0.05, 0) is 25.0 Å². The lowest BCUT2D eigenvalue weighted by molar-refractivity contribution is -0.137. The fourth-order valence-corrected chi connectivity index (χ4v) is 1.72. The van der Waals surface area contributed by atoms with Gasteiger partial charge in [0.15, 0.2) is 0 Å². The number of carbonyl (C=O) groups is 3. The monoisotopic (exact) mass is 292 g/mol. The predicted molar refractivity (Wildman–Crippen MR) is 77.9 cm³/mol. The molecule has 0 aromatic heterocycles. The van der Waals surface area contributed by atoms with E-state index < -0.39 is 5.97 Å². The van der Waals surface area contributed by atoms with Crippen molar-refractivity contribution >= 4 is 17.8 Å². The van der Waals surface area contributed by atoms with Crippen LogP contribution in [0.2, 0.25) is 0 Å². The smallest absolute Gasteiger partial charge is 0.303 e. The topological polar surface area (TPSA) is 95.5 Å². The van der Waals surface area contributed by atoms with Crippen LogP contribution >= 0.6 is 0 Å². The summed E-state index contributed by atoms with van der Waals surface area (Å²) in [4.78, 5) is 33.5. The van der Waals surface area contributed by atoms with Crippen molar-refractivity contribution in [3.63, 3.8) is 0 Å². The number of hydrogen-bond donors (Lipinski definition) is 3. The molecule has 6 heteroatoms. The minimum Gasteiger partial charge on any atom is -0.481 e. The molecular weight excluding hydrogens is 272 g/mol. The molecule has 0 heterocycles. The van der Waals surface area contributed by atoms with Gasteiger partial charge in [0.1, 0.15) is 0 Å². The average molecular weight is 292 g/mol. The summed E-state index contributed by atoms with van der Waals surface area (Å²) in [6.07, 6.45) is 2.24. The Hall–Kier alpha value is -2.37. The van der Waals surface area contributed by atoms with Crippen molar-refractivity contribution < 1.29 is 19.5 Å². The number of rotatable bonds is 9. The molecule has 21 heavy (non-hydrogen) atoms. The fraction of sp³-hybridized carbons (Fsp3) is 0.400. The van der Waals surface area contributed by atoms with Gasteiger partial charge in [-0.1, -0.05) is 24.6 Å². The van der Waals surface area contributed by atoms with Gasteiger partial charge in [0.2, 0.25) is 5.91 Å².